The van der Waals surface area contributed by atoms with Crippen molar-refractivity contribution < 1.29 is 19.1 Å². The number of hydrogen-bond donors (Lipinski definition) is 2. The molecular weight excluding hydrogens is 274 g/mol. The van der Waals surface area contributed by atoms with Gasteiger partial charge in [0.15, 0.2) is 0 Å². The summed E-state index contributed by atoms with van der Waals surface area (Å²) in [6.45, 7) is 0. The second-order valence-electron chi connectivity index (χ2n) is 3.21. The Morgan fingerprint density at radius 1 is 1.11 bits per heavy atom. The van der Waals surface area contributed by atoms with Crippen LogP contribution in [0.3, 0.4) is 0 Å². The normalized spacial score (nSPS) is 9.50. The average Bonchev–Trinajstić information content (AvgIpc) is 2.35. The molecule has 0 amide bonds. The first-order valence-electron chi connectivity index (χ1n) is 4.79. The maximum Gasteiger partial charge on any atom is 0.337 e. The molecule has 0 atom stereocenters. The summed E-state index contributed by atoms with van der Waals surface area (Å²) in [6, 6.07) is 4.38. The van der Waals surface area contributed by atoms with Crippen molar-refractivity contribution in [2.45, 2.75) is 0 Å². The molecule has 1 rings (SSSR count). The Kier molecular flexibility index (Phi) is 5.11. The van der Waals surface area contributed by atoms with Gasteiger partial charge < -0.3 is 14.8 Å². The summed E-state index contributed by atoms with van der Waals surface area (Å²) < 4.78 is 9.40. The topological polar surface area (TPSA) is 64.6 Å². The summed E-state index contributed by atoms with van der Waals surface area (Å²) in [5.41, 5.74) is 0.887. The number of anilines is 1. The van der Waals surface area contributed by atoms with Crippen LogP contribution in [-0.4, -0.2) is 30.5 Å². The summed E-state index contributed by atoms with van der Waals surface area (Å²) in [7, 11) is 2.51. The highest BCUT2D eigenvalue weighted by molar-refractivity contribution is 8.11. The van der Waals surface area contributed by atoms with Crippen LogP contribution in [0.15, 0.2) is 18.2 Å². The average molecular weight is 285 g/mol. The number of rotatable bonds is 3. The molecule has 96 valence electrons. The molecule has 0 aliphatic rings. The molecule has 7 heteroatoms. The van der Waals surface area contributed by atoms with Gasteiger partial charge in [0.1, 0.15) is 4.32 Å². The number of thiol groups is 1. The number of carbonyl (C=O) groups is 2. The van der Waals surface area contributed by atoms with Gasteiger partial charge in [-0.25, -0.2) is 9.59 Å². The summed E-state index contributed by atoms with van der Waals surface area (Å²) >= 11 is 8.69. The van der Waals surface area contributed by atoms with Crippen LogP contribution in [0, 0.1) is 0 Å². The highest BCUT2D eigenvalue weighted by Crippen LogP contribution is 2.17. The van der Waals surface area contributed by atoms with Gasteiger partial charge in [0.25, 0.3) is 0 Å². The molecule has 18 heavy (non-hydrogen) atoms. The zero-order chi connectivity index (χ0) is 13.7. The lowest BCUT2D eigenvalue weighted by atomic mass is 10.1. The van der Waals surface area contributed by atoms with Gasteiger partial charge in [-0.15, -0.1) is 12.6 Å². The van der Waals surface area contributed by atoms with Gasteiger partial charge in [-0.1, -0.05) is 12.2 Å². The van der Waals surface area contributed by atoms with Crippen molar-refractivity contribution in [3.05, 3.63) is 29.3 Å². The van der Waals surface area contributed by atoms with Crippen LogP contribution in [0.25, 0.3) is 0 Å². The standard InChI is InChI=1S/C11H11NO4S2/c1-15-9(13)6-3-7(10(14)16-2)5-8(4-6)12-11(17)18/h3-5H,1-2H3,(H2,12,17,18). The molecule has 0 saturated heterocycles. The molecule has 0 spiro atoms. The molecule has 0 aliphatic heterocycles. The minimum Gasteiger partial charge on any atom is -0.465 e. The fourth-order valence-corrected chi connectivity index (χ4v) is 1.54. The zero-order valence-corrected chi connectivity index (χ0v) is 11.4. The van der Waals surface area contributed by atoms with Gasteiger partial charge in [-0.05, 0) is 18.2 Å². The lowest BCUT2D eigenvalue weighted by molar-refractivity contribution is 0.0599. The van der Waals surface area contributed by atoms with Crippen molar-refractivity contribution in [2.24, 2.45) is 0 Å². The van der Waals surface area contributed by atoms with Gasteiger partial charge in [-0.2, -0.15) is 0 Å². The number of ether oxygens (including phenoxy) is 2. The Labute approximate surface area is 115 Å². The number of hydrogen-bond acceptors (Lipinski definition) is 5. The second kappa shape index (κ2) is 6.36. The Balaban J connectivity index is 3.23. The SMILES string of the molecule is COC(=O)c1cc(NC(=S)S)cc(C(=O)OC)c1. The first-order chi connectivity index (χ1) is 8.47. The van der Waals surface area contributed by atoms with E-state index in [2.05, 4.69) is 27.4 Å². The van der Waals surface area contributed by atoms with E-state index >= 15 is 0 Å². The molecule has 1 N–H and O–H groups in total. The molecule has 0 aliphatic carbocycles. The third-order valence-corrected chi connectivity index (χ3v) is 2.24. The smallest absolute Gasteiger partial charge is 0.337 e. The molecule has 0 heterocycles. The van der Waals surface area contributed by atoms with E-state index in [1.807, 2.05) is 0 Å². The molecule has 0 unspecified atom stereocenters. The van der Waals surface area contributed by atoms with Crippen molar-refractivity contribution in [1.82, 2.24) is 0 Å². The van der Waals surface area contributed by atoms with Gasteiger partial charge in [0.2, 0.25) is 0 Å². The van der Waals surface area contributed by atoms with E-state index in [9.17, 15) is 9.59 Å². The predicted octanol–water partition coefficient (Wildman–Crippen LogP) is 1.89. The number of methoxy groups -OCH3 is 2. The van der Waals surface area contributed by atoms with E-state index in [1.165, 1.54) is 32.4 Å². The Bertz CT molecular complexity index is 468. The van der Waals surface area contributed by atoms with Gasteiger partial charge in [0, 0.05) is 5.69 Å². The van der Waals surface area contributed by atoms with Crippen molar-refractivity contribution >= 4 is 46.8 Å². The van der Waals surface area contributed by atoms with Crippen LogP contribution in [0.1, 0.15) is 20.7 Å². The van der Waals surface area contributed by atoms with Crippen LogP contribution in [0.2, 0.25) is 0 Å². The molecule has 1 aromatic carbocycles. The van der Waals surface area contributed by atoms with Crippen molar-refractivity contribution in [2.75, 3.05) is 19.5 Å². The lowest BCUT2D eigenvalue weighted by Crippen LogP contribution is -2.09. The van der Waals surface area contributed by atoms with E-state index in [0.29, 0.717) is 5.69 Å². The summed E-state index contributed by atoms with van der Waals surface area (Å²) in [5.74, 6) is -1.12. The van der Waals surface area contributed by atoms with E-state index in [0.717, 1.165) is 0 Å². The number of carbonyl (C=O) groups excluding carboxylic acids is 2. The van der Waals surface area contributed by atoms with Crippen LogP contribution in [0.5, 0.6) is 0 Å². The minimum atomic E-state index is -0.561. The van der Waals surface area contributed by atoms with Gasteiger partial charge in [0.05, 0.1) is 25.3 Å². The molecule has 1 aromatic rings. The summed E-state index contributed by atoms with van der Waals surface area (Å²) in [4.78, 5) is 22.9. The largest absolute Gasteiger partial charge is 0.465 e. The Morgan fingerprint density at radius 3 is 1.89 bits per heavy atom. The number of thiocarbonyl (C=S) groups is 1. The summed E-state index contributed by atoms with van der Waals surface area (Å²) in [6.07, 6.45) is 0. The van der Waals surface area contributed by atoms with E-state index < -0.39 is 11.9 Å². The maximum absolute atomic E-state index is 11.5. The van der Waals surface area contributed by atoms with Crippen LogP contribution in [0.4, 0.5) is 5.69 Å². The zero-order valence-electron chi connectivity index (χ0n) is 9.72. The Morgan fingerprint density at radius 2 is 1.56 bits per heavy atom. The molecule has 0 fully saturated rings. The number of nitrogens with one attached hydrogen (secondary N) is 1. The van der Waals surface area contributed by atoms with Crippen LogP contribution < -0.4 is 5.32 Å². The molecular formula is C11H11NO4S2. The third kappa shape index (κ3) is 3.71. The minimum absolute atomic E-state index is 0.215. The lowest BCUT2D eigenvalue weighted by Gasteiger charge is -2.08. The van der Waals surface area contributed by atoms with Crippen LogP contribution in [-0.2, 0) is 9.47 Å². The summed E-state index contributed by atoms with van der Waals surface area (Å²) in [5, 5.41) is 2.72. The first-order valence-corrected chi connectivity index (χ1v) is 5.65. The molecule has 0 saturated carbocycles. The quantitative estimate of drug-likeness (QED) is 0.502. The first kappa shape index (κ1) is 14.5. The van der Waals surface area contributed by atoms with Crippen molar-refractivity contribution in [1.29, 1.82) is 0 Å². The maximum atomic E-state index is 11.5. The molecule has 5 nitrogen and oxygen atoms in total. The van der Waals surface area contributed by atoms with Crippen molar-refractivity contribution in [3.8, 4) is 0 Å². The molecule has 0 aromatic heterocycles. The van der Waals surface area contributed by atoms with E-state index in [-0.39, 0.29) is 15.4 Å². The predicted molar refractivity (Wildman–Crippen MR) is 74.3 cm³/mol. The highest BCUT2D eigenvalue weighted by Gasteiger charge is 2.13. The number of benzene rings is 1. The number of esters is 2. The van der Waals surface area contributed by atoms with E-state index in [1.54, 1.807) is 0 Å². The molecule has 0 bridgehead atoms. The molecule has 0 radical (unpaired) electrons. The van der Waals surface area contributed by atoms with Crippen LogP contribution >= 0.6 is 24.8 Å². The van der Waals surface area contributed by atoms with Gasteiger partial charge >= 0.3 is 11.9 Å². The Hall–Kier alpha value is -1.60. The second-order valence-corrected chi connectivity index (χ2v) is 4.37. The van der Waals surface area contributed by atoms with E-state index in [4.69, 9.17) is 12.2 Å². The fraction of sp³-hybridized carbons (Fsp3) is 0.182. The monoisotopic (exact) mass is 285 g/mol. The van der Waals surface area contributed by atoms with Crippen molar-refractivity contribution in [3.63, 3.8) is 0 Å². The fourth-order valence-electron chi connectivity index (χ4n) is 1.29. The third-order valence-electron chi connectivity index (χ3n) is 2.03. The van der Waals surface area contributed by atoms with Gasteiger partial charge in [-0.3, -0.25) is 0 Å². The highest BCUT2D eigenvalue weighted by atomic mass is 32.1.